The van der Waals surface area contributed by atoms with Crippen LogP contribution in [0, 0.1) is 35.5 Å². The number of allylic oxidation sites excluding steroid dienone is 4. The number of aliphatic hydroxyl groups excluding tert-OH is 1. The molecule has 4 unspecified atom stereocenters. The Balaban J connectivity index is 1.49. The fourth-order valence-electron chi connectivity index (χ4n) is 7.73. The van der Waals surface area contributed by atoms with E-state index in [1.807, 2.05) is 6.92 Å². The van der Waals surface area contributed by atoms with Crippen molar-refractivity contribution in [2.24, 2.45) is 35.5 Å². The number of carbonyl (C=O) groups excluding carboxylic acids is 3. The van der Waals surface area contributed by atoms with Crippen LogP contribution >= 0.6 is 0 Å². The van der Waals surface area contributed by atoms with Crippen LogP contribution in [0.3, 0.4) is 0 Å². The van der Waals surface area contributed by atoms with Gasteiger partial charge >= 0.3 is 5.97 Å². The van der Waals surface area contributed by atoms with Gasteiger partial charge in [-0.25, -0.2) is 0 Å². The molecule has 0 spiro atoms. The molecular weight excluding hydrogens is 540 g/mol. The first-order valence-corrected chi connectivity index (χ1v) is 15.7. The van der Waals surface area contributed by atoms with Crippen LogP contribution in [0.2, 0.25) is 0 Å². The number of Topliss-reactive ketones (excluding diaryl/α,β-unsaturated/α-hetero) is 2. The fourth-order valence-corrected chi connectivity index (χ4v) is 7.73. The molecule has 236 valence electrons. The molecular formula is C33H50O9. The largest absolute Gasteiger partial charge is 0.462 e. The number of ketones is 2. The molecule has 3 aliphatic carbocycles. The monoisotopic (exact) mass is 590 g/mol. The lowest BCUT2D eigenvalue weighted by Crippen LogP contribution is -2.48. The van der Waals surface area contributed by atoms with E-state index in [2.05, 4.69) is 18.2 Å². The van der Waals surface area contributed by atoms with Gasteiger partial charge in [0.1, 0.15) is 30.2 Å². The molecule has 1 aliphatic heterocycles. The van der Waals surface area contributed by atoms with Gasteiger partial charge in [-0.2, -0.15) is 0 Å². The number of esters is 1. The highest BCUT2D eigenvalue weighted by Crippen LogP contribution is 2.53. The number of hydrogen-bond acceptors (Lipinski definition) is 9. The average molecular weight is 591 g/mol. The van der Waals surface area contributed by atoms with Crippen LogP contribution in [0.4, 0.5) is 0 Å². The smallest absolute Gasteiger partial charge is 0.306 e. The van der Waals surface area contributed by atoms with Crippen molar-refractivity contribution < 1.29 is 43.2 Å². The van der Waals surface area contributed by atoms with Crippen molar-refractivity contribution in [1.82, 2.24) is 0 Å². The van der Waals surface area contributed by atoms with E-state index in [9.17, 15) is 19.5 Å². The molecule has 2 fully saturated rings. The molecule has 1 heterocycles. The molecule has 0 amide bonds. The van der Waals surface area contributed by atoms with Crippen LogP contribution in [-0.4, -0.2) is 87.2 Å². The average Bonchev–Trinajstić information content (AvgIpc) is 3.55. The molecule has 0 radical (unpaired) electrons. The normalized spacial score (nSPS) is 36.5. The van der Waals surface area contributed by atoms with Crippen molar-refractivity contribution >= 4 is 17.5 Å². The lowest BCUT2D eigenvalue weighted by atomic mass is 9.70. The van der Waals surface area contributed by atoms with E-state index in [4.69, 9.17) is 23.7 Å². The summed E-state index contributed by atoms with van der Waals surface area (Å²) in [6, 6.07) is 0. The Bertz CT molecular complexity index is 1020. The Kier molecular flexibility index (Phi) is 11.6. The summed E-state index contributed by atoms with van der Waals surface area (Å²) >= 11 is 0. The highest BCUT2D eigenvalue weighted by Gasteiger charge is 2.50. The van der Waals surface area contributed by atoms with Crippen molar-refractivity contribution in [2.75, 3.05) is 27.9 Å². The molecule has 9 nitrogen and oxygen atoms in total. The minimum Gasteiger partial charge on any atom is -0.462 e. The molecule has 9 heteroatoms. The van der Waals surface area contributed by atoms with E-state index in [-0.39, 0.29) is 66.4 Å². The van der Waals surface area contributed by atoms with Gasteiger partial charge < -0.3 is 28.8 Å². The summed E-state index contributed by atoms with van der Waals surface area (Å²) in [6.45, 7) is 5.65. The van der Waals surface area contributed by atoms with Gasteiger partial charge in [0.15, 0.2) is 5.78 Å². The Morgan fingerprint density at radius 3 is 2.40 bits per heavy atom. The number of cyclic esters (lactones) is 1. The molecule has 42 heavy (non-hydrogen) atoms. The number of aliphatic hydroxyl groups is 1. The maximum atomic E-state index is 13.7. The first-order valence-electron chi connectivity index (χ1n) is 15.7. The number of ether oxygens (including phenoxy) is 5. The summed E-state index contributed by atoms with van der Waals surface area (Å²) in [6.07, 6.45) is 8.14. The summed E-state index contributed by atoms with van der Waals surface area (Å²) in [7, 11) is 4.70. The second-order valence-corrected chi connectivity index (χ2v) is 12.6. The van der Waals surface area contributed by atoms with Gasteiger partial charge in [-0.15, -0.1) is 0 Å². The lowest BCUT2D eigenvalue weighted by Gasteiger charge is -2.34. The van der Waals surface area contributed by atoms with Crippen LogP contribution < -0.4 is 0 Å². The van der Waals surface area contributed by atoms with Crippen LogP contribution in [0.15, 0.2) is 23.8 Å². The standard InChI is InChI=1S/C33H50O9/c1-7-21-9-8-10-28(35)18(2)31(37)27-15-25-23(26(27)16-30(36)42-21)12-11-20-13-22(14-24(20)25)41-17-29(38-4)33(40-6)32(39-5)19(3)34/h11-12,15,18-26,29,32-34H,7-10,13-14,16-17H2,1-6H3/t18-,19?,20-,21+,22-,23-,24-,25-,26+,29?,32?,33?/m1/s1. The molecule has 0 aromatic carbocycles. The topological polar surface area (TPSA) is 118 Å². The quantitative estimate of drug-likeness (QED) is 0.230. The number of rotatable bonds is 10. The predicted octanol–water partition coefficient (Wildman–Crippen LogP) is 3.85. The fraction of sp³-hybridized carbons (Fsp3) is 0.788. The molecule has 0 bridgehead atoms. The van der Waals surface area contributed by atoms with E-state index in [1.54, 1.807) is 28.1 Å². The van der Waals surface area contributed by atoms with Gasteiger partial charge in [-0.05, 0) is 75.2 Å². The van der Waals surface area contributed by atoms with Crippen molar-refractivity contribution in [3.63, 3.8) is 0 Å². The van der Waals surface area contributed by atoms with Crippen LogP contribution in [-0.2, 0) is 38.1 Å². The molecule has 4 rings (SSSR count). The molecule has 0 aromatic heterocycles. The van der Waals surface area contributed by atoms with Gasteiger partial charge in [-0.3, -0.25) is 14.4 Å². The van der Waals surface area contributed by atoms with E-state index in [0.29, 0.717) is 37.2 Å². The molecule has 1 N–H and O–H groups in total. The zero-order valence-electron chi connectivity index (χ0n) is 26.0. The molecule has 1 saturated carbocycles. The molecule has 12 atom stereocenters. The zero-order valence-corrected chi connectivity index (χ0v) is 26.0. The maximum Gasteiger partial charge on any atom is 0.306 e. The van der Waals surface area contributed by atoms with E-state index >= 15 is 0 Å². The van der Waals surface area contributed by atoms with E-state index < -0.39 is 30.3 Å². The summed E-state index contributed by atoms with van der Waals surface area (Å²) < 4.78 is 29.0. The second kappa shape index (κ2) is 14.7. The van der Waals surface area contributed by atoms with Crippen LogP contribution in [0.1, 0.15) is 65.7 Å². The number of fused-ring (bicyclic) bond motifs is 5. The summed E-state index contributed by atoms with van der Waals surface area (Å²) in [5.74, 6) is -0.762. The predicted molar refractivity (Wildman–Crippen MR) is 156 cm³/mol. The van der Waals surface area contributed by atoms with Gasteiger partial charge in [-0.1, -0.05) is 25.2 Å². The van der Waals surface area contributed by atoms with Crippen LogP contribution in [0.5, 0.6) is 0 Å². The highest BCUT2D eigenvalue weighted by molar-refractivity contribution is 6.10. The second-order valence-electron chi connectivity index (χ2n) is 12.6. The van der Waals surface area contributed by atoms with E-state index in [1.165, 1.54) is 7.11 Å². The minimum absolute atomic E-state index is 0.0115. The highest BCUT2D eigenvalue weighted by atomic mass is 16.6. The minimum atomic E-state index is -0.741. The molecule has 1 saturated heterocycles. The summed E-state index contributed by atoms with van der Waals surface area (Å²) in [5.41, 5.74) is 0.622. The van der Waals surface area contributed by atoms with Gasteiger partial charge in [0.2, 0.25) is 0 Å². The first-order chi connectivity index (χ1) is 20.1. The lowest BCUT2D eigenvalue weighted by molar-refractivity contribution is -0.157. The van der Waals surface area contributed by atoms with Gasteiger partial charge in [0.25, 0.3) is 0 Å². The SMILES string of the molecule is CC[C@H]1CCCC(=O)[C@@H](C)C(=O)C2=C[C@@H]3[C@@H](C=C[C@@H]4C[C@@H](OCC(OC)C(OC)C(OC)C(C)O)C[C@@H]34)[C@@H]2CC(=O)O1. The summed E-state index contributed by atoms with van der Waals surface area (Å²) in [4.78, 5) is 39.7. The van der Waals surface area contributed by atoms with Crippen LogP contribution in [0.25, 0.3) is 0 Å². The first kappa shape index (κ1) is 33.0. The van der Waals surface area contributed by atoms with Crippen molar-refractivity contribution in [3.05, 3.63) is 23.8 Å². The van der Waals surface area contributed by atoms with Gasteiger partial charge in [0, 0.05) is 33.7 Å². The van der Waals surface area contributed by atoms with Crippen molar-refractivity contribution in [1.29, 1.82) is 0 Å². The third kappa shape index (κ3) is 7.07. The van der Waals surface area contributed by atoms with Crippen molar-refractivity contribution in [2.45, 2.75) is 102 Å². The Morgan fingerprint density at radius 2 is 1.76 bits per heavy atom. The third-order valence-corrected chi connectivity index (χ3v) is 10.1. The number of methoxy groups -OCH3 is 3. The molecule has 4 aliphatic rings. The summed E-state index contributed by atoms with van der Waals surface area (Å²) in [5, 5.41) is 10.2. The number of hydrogen-bond donors (Lipinski definition) is 1. The number of carbonyl (C=O) groups is 3. The third-order valence-electron chi connectivity index (χ3n) is 10.1. The van der Waals surface area contributed by atoms with Crippen molar-refractivity contribution in [3.8, 4) is 0 Å². The Morgan fingerprint density at radius 1 is 1.02 bits per heavy atom. The van der Waals surface area contributed by atoms with E-state index in [0.717, 1.165) is 12.8 Å². The Labute approximate surface area is 250 Å². The van der Waals surface area contributed by atoms with Gasteiger partial charge in [0.05, 0.1) is 31.2 Å². The Hall–Kier alpha value is -1.91. The maximum absolute atomic E-state index is 13.7. The zero-order chi connectivity index (χ0) is 30.6. The molecule has 0 aromatic rings.